The molecule has 0 spiro atoms. The van der Waals surface area contributed by atoms with Gasteiger partial charge in [-0.15, -0.1) is 0 Å². The topological polar surface area (TPSA) is 55.4 Å². The third-order valence-electron chi connectivity index (χ3n) is 2.56. The summed E-state index contributed by atoms with van der Waals surface area (Å²) in [5.41, 5.74) is 0. The summed E-state index contributed by atoms with van der Waals surface area (Å²) in [6, 6.07) is 6.68. The van der Waals surface area contributed by atoms with E-state index >= 15 is 0 Å². The second-order valence-corrected chi connectivity index (χ2v) is 7.13. The molecule has 1 aliphatic heterocycles. The standard InChI is InChI=1S/C11H12ClNO3S2/c12-8-2-1-3-10(6-8)16-11(17)13-9-4-5-18(14,15)7-9/h1-3,6,9H,4-5,7H2,(H,13,17). The summed E-state index contributed by atoms with van der Waals surface area (Å²) < 4.78 is 27.9. The van der Waals surface area contributed by atoms with E-state index in [4.69, 9.17) is 28.6 Å². The van der Waals surface area contributed by atoms with E-state index < -0.39 is 9.84 Å². The number of rotatable bonds is 2. The molecule has 1 aliphatic rings. The quantitative estimate of drug-likeness (QED) is 0.844. The maximum atomic E-state index is 11.3. The van der Waals surface area contributed by atoms with Crippen LogP contribution in [0.2, 0.25) is 5.02 Å². The molecular weight excluding hydrogens is 294 g/mol. The molecule has 0 aromatic heterocycles. The first-order chi connectivity index (χ1) is 8.44. The Morgan fingerprint density at radius 2 is 2.28 bits per heavy atom. The largest absolute Gasteiger partial charge is 0.432 e. The van der Waals surface area contributed by atoms with Crippen molar-refractivity contribution in [1.29, 1.82) is 0 Å². The molecule has 1 N–H and O–H groups in total. The molecule has 7 heteroatoms. The summed E-state index contributed by atoms with van der Waals surface area (Å²) in [5, 5.41) is 3.61. The summed E-state index contributed by atoms with van der Waals surface area (Å²) >= 11 is 10.8. The Bertz CT molecular complexity index is 559. The number of hydrogen-bond donors (Lipinski definition) is 1. The lowest BCUT2D eigenvalue weighted by molar-refractivity contribution is 0.510. The van der Waals surface area contributed by atoms with E-state index in [1.54, 1.807) is 24.3 Å². The van der Waals surface area contributed by atoms with Crippen molar-refractivity contribution in [2.75, 3.05) is 11.5 Å². The number of nitrogens with one attached hydrogen (secondary N) is 1. The van der Waals surface area contributed by atoms with Gasteiger partial charge in [0.25, 0.3) is 5.17 Å². The highest BCUT2D eigenvalue weighted by Gasteiger charge is 2.28. The Hall–Kier alpha value is -0.850. The zero-order valence-corrected chi connectivity index (χ0v) is 11.8. The van der Waals surface area contributed by atoms with Crippen molar-refractivity contribution in [2.24, 2.45) is 0 Å². The van der Waals surface area contributed by atoms with Crippen molar-refractivity contribution in [3.63, 3.8) is 0 Å². The van der Waals surface area contributed by atoms with Crippen molar-refractivity contribution < 1.29 is 13.2 Å². The lowest BCUT2D eigenvalue weighted by Crippen LogP contribution is -2.37. The van der Waals surface area contributed by atoms with Crippen LogP contribution in [0.1, 0.15) is 6.42 Å². The molecule has 0 bridgehead atoms. The van der Waals surface area contributed by atoms with Crippen LogP contribution in [0.4, 0.5) is 0 Å². The lowest BCUT2D eigenvalue weighted by Gasteiger charge is -2.13. The van der Waals surface area contributed by atoms with E-state index in [9.17, 15) is 8.42 Å². The van der Waals surface area contributed by atoms with Gasteiger partial charge in [-0.2, -0.15) is 0 Å². The predicted octanol–water partition coefficient (Wildman–Crippen LogP) is 1.78. The van der Waals surface area contributed by atoms with Crippen molar-refractivity contribution in [3.8, 4) is 5.75 Å². The molecule has 1 aromatic rings. The summed E-state index contributed by atoms with van der Waals surface area (Å²) in [4.78, 5) is 0. The molecule has 4 nitrogen and oxygen atoms in total. The van der Waals surface area contributed by atoms with Gasteiger partial charge in [-0.05, 0) is 36.8 Å². The Morgan fingerprint density at radius 1 is 1.50 bits per heavy atom. The first kappa shape index (κ1) is 13.6. The number of benzene rings is 1. The van der Waals surface area contributed by atoms with Crippen molar-refractivity contribution in [2.45, 2.75) is 12.5 Å². The highest BCUT2D eigenvalue weighted by Crippen LogP contribution is 2.17. The maximum absolute atomic E-state index is 11.3. The number of thiocarbonyl (C=S) groups is 1. The molecule has 1 aromatic carbocycles. The molecule has 1 atom stereocenters. The van der Waals surface area contributed by atoms with Crippen LogP contribution in [0.15, 0.2) is 24.3 Å². The number of sulfone groups is 1. The minimum atomic E-state index is -2.92. The molecule has 0 amide bonds. The summed E-state index contributed by atoms with van der Waals surface area (Å²) in [6.07, 6.45) is 0.557. The van der Waals surface area contributed by atoms with Crippen molar-refractivity contribution in [3.05, 3.63) is 29.3 Å². The molecule has 1 heterocycles. The Balaban J connectivity index is 1.90. The van der Waals surface area contributed by atoms with E-state index in [0.717, 1.165) is 0 Å². The van der Waals surface area contributed by atoms with Crippen molar-refractivity contribution in [1.82, 2.24) is 5.32 Å². The van der Waals surface area contributed by atoms with Crippen LogP contribution in [0, 0.1) is 0 Å². The van der Waals surface area contributed by atoms with Crippen LogP contribution in [0.3, 0.4) is 0 Å². The lowest BCUT2D eigenvalue weighted by atomic mass is 10.3. The van der Waals surface area contributed by atoms with Crippen LogP contribution in [0.5, 0.6) is 5.75 Å². The van der Waals surface area contributed by atoms with Gasteiger partial charge in [0.15, 0.2) is 9.84 Å². The average Bonchev–Trinajstić information content (AvgIpc) is 2.57. The van der Waals surface area contributed by atoms with E-state index in [2.05, 4.69) is 5.32 Å². The minimum absolute atomic E-state index is 0.103. The van der Waals surface area contributed by atoms with E-state index in [1.807, 2.05) is 0 Å². The van der Waals surface area contributed by atoms with Crippen LogP contribution in [-0.2, 0) is 9.84 Å². The molecule has 0 saturated carbocycles. The van der Waals surface area contributed by atoms with E-state index in [-0.39, 0.29) is 22.7 Å². The summed E-state index contributed by atoms with van der Waals surface area (Å²) in [6.45, 7) is 0. The minimum Gasteiger partial charge on any atom is -0.432 e. The number of hydrogen-bond acceptors (Lipinski definition) is 4. The zero-order valence-electron chi connectivity index (χ0n) is 9.43. The van der Waals surface area contributed by atoms with Gasteiger partial charge in [0, 0.05) is 11.1 Å². The summed E-state index contributed by atoms with van der Waals surface area (Å²) in [7, 11) is -2.92. The third kappa shape index (κ3) is 3.83. The fourth-order valence-corrected chi connectivity index (χ4v) is 3.86. The molecule has 1 saturated heterocycles. The predicted molar refractivity (Wildman–Crippen MR) is 74.9 cm³/mol. The number of halogens is 1. The second kappa shape index (κ2) is 5.42. The first-order valence-electron chi connectivity index (χ1n) is 5.39. The van der Waals surface area contributed by atoms with Gasteiger partial charge in [0.05, 0.1) is 11.5 Å². The fraction of sp³-hybridized carbons (Fsp3) is 0.364. The maximum Gasteiger partial charge on any atom is 0.262 e. The van der Waals surface area contributed by atoms with Gasteiger partial charge in [0.1, 0.15) is 5.75 Å². The molecule has 2 rings (SSSR count). The number of ether oxygens (including phenoxy) is 1. The van der Waals surface area contributed by atoms with Gasteiger partial charge >= 0.3 is 0 Å². The van der Waals surface area contributed by atoms with Crippen LogP contribution in [-0.4, -0.2) is 31.1 Å². The molecule has 1 fully saturated rings. The van der Waals surface area contributed by atoms with Gasteiger partial charge in [-0.1, -0.05) is 17.7 Å². The molecule has 18 heavy (non-hydrogen) atoms. The Labute approximate surface area is 116 Å². The molecule has 98 valence electrons. The Kier molecular flexibility index (Phi) is 4.09. The molecule has 1 unspecified atom stereocenters. The highest BCUT2D eigenvalue weighted by atomic mass is 35.5. The van der Waals surface area contributed by atoms with Crippen molar-refractivity contribution >= 4 is 38.8 Å². The zero-order chi connectivity index (χ0) is 13.2. The normalized spacial score (nSPS) is 21.5. The first-order valence-corrected chi connectivity index (χ1v) is 8.00. The van der Waals surface area contributed by atoms with Crippen LogP contribution < -0.4 is 10.1 Å². The molecule has 0 radical (unpaired) electrons. The van der Waals surface area contributed by atoms with Gasteiger partial charge < -0.3 is 10.1 Å². The molecule has 0 aliphatic carbocycles. The monoisotopic (exact) mass is 305 g/mol. The second-order valence-electron chi connectivity index (χ2n) is 4.09. The van der Waals surface area contributed by atoms with E-state index in [0.29, 0.717) is 17.2 Å². The third-order valence-corrected chi connectivity index (χ3v) is 4.77. The van der Waals surface area contributed by atoms with Gasteiger partial charge in [0.2, 0.25) is 0 Å². The van der Waals surface area contributed by atoms with Crippen LogP contribution in [0.25, 0.3) is 0 Å². The fourth-order valence-electron chi connectivity index (χ4n) is 1.74. The summed E-state index contributed by atoms with van der Waals surface area (Å²) in [5.74, 6) is 0.831. The van der Waals surface area contributed by atoms with E-state index in [1.165, 1.54) is 0 Å². The SMILES string of the molecule is O=S1(=O)CCC(NC(=S)Oc2cccc(Cl)c2)C1. The highest BCUT2D eigenvalue weighted by molar-refractivity contribution is 7.91. The smallest absolute Gasteiger partial charge is 0.262 e. The Morgan fingerprint density at radius 3 is 2.89 bits per heavy atom. The molecular formula is C11H12ClNO3S2. The average molecular weight is 306 g/mol. The van der Waals surface area contributed by atoms with Gasteiger partial charge in [-0.25, -0.2) is 8.42 Å². The van der Waals surface area contributed by atoms with Gasteiger partial charge in [-0.3, -0.25) is 0 Å². The van der Waals surface area contributed by atoms with Crippen LogP contribution >= 0.6 is 23.8 Å².